The van der Waals surface area contributed by atoms with Crippen LogP contribution in [0.15, 0.2) is 35.5 Å². The van der Waals surface area contributed by atoms with Gasteiger partial charge in [-0.25, -0.2) is 0 Å². The van der Waals surface area contributed by atoms with Crippen molar-refractivity contribution in [3.05, 3.63) is 35.9 Å². The smallest absolute Gasteiger partial charge is 0.141 e. The van der Waals surface area contributed by atoms with Crippen LogP contribution in [0.25, 0.3) is 0 Å². The minimum absolute atomic E-state index is 0.0498. The second kappa shape index (κ2) is 6.37. The van der Waals surface area contributed by atoms with Crippen molar-refractivity contribution in [1.29, 1.82) is 0 Å². The highest BCUT2D eigenvalue weighted by Crippen LogP contribution is 2.19. The first-order valence-electron chi connectivity index (χ1n) is 6.14. The van der Waals surface area contributed by atoms with Crippen LogP contribution in [0.2, 0.25) is 0 Å². The summed E-state index contributed by atoms with van der Waals surface area (Å²) in [6.45, 7) is 1.52. The van der Waals surface area contributed by atoms with Gasteiger partial charge in [-0.15, -0.1) is 0 Å². The molecule has 0 radical (unpaired) electrons. The molecule has 1 aliphatic heterocycles. The third kappa shape index (κ3) is 3.45. The van der Waals surface area contributed by atoms with E-state index >= 15 is 0 Å². The van der Waals surface area contributed by atoms with E-state index in [2.05, 4.69) is 10.5 Å². The summed E-state index contributed by atoms with van der Waals surface area (Å²) in [7, 11) is 0. The molecule has 1 aliphatic rings. The van der Waals surface area contributed by atoms with Crippen molar-refractivity contribution < 1.29 is 9.94 Å². The number of nitrogens with zero attached hydrogens (tertiary/aromatic N) is 1. The van der Waals surface area contributed by atoms with E-state index in [9.17, 15) is 0 Å². The average Bonchev–Trinajstić information content (AvgIpc) is 2.92. The first kappa shape index (κ1) is 12.9. The van der Waals surface area contributed by atoms with Gasteiger partial charge in [0.05, 0.1) is 6.61 Å². The number of nitrogens with one attached hydrogen (secondary N) is 1. The Morgan fingerprint density at radius 2 is 2.28 bits per heavy atom. The molecule has 2 rings (SSSR count). The van der Waals surface area contributed by atoms with E-state index in [-0.39, 0.29) is 11.9 Å². The van der Waals surface area contributed by atoms with E-state index in [1.54, 1.807) is 0 Å². The molecule has 4 N–H and O–H groups in total. The van der Waals surface area contributed by atoms with Crippen LogP contribution in [-0.4, -0.2) is 30.3 Å². The molecule has 0 aliphatic carbocycles. The van der Waals surface area contributed by atoms with Crippen LogP contribution in [0.3, 0.4) is 0 Å². The maximum absolute atomic E-state index is 8.70. The van der Waals surface area contributed by atoms with Gasteiger partial charge in [0.25, 0.3) is 0 Å². The van der Waals surface area contributed by atoms with Crippen molar-refractivity contribution in [3.63, 3.8) is 0 Å². The first-order chi connectivity index (χ1) is 8.79. The zero-order chi connectivity index (χ0) is 12.8. The summed E-state index contributed by atoms with van der Waals surface area (Å²) in [5.74, 6) is 0.232. The molecular weight excluding hydrogens is 230 g/mol. The highest BCUT2D eigenvalue weighted by Gasteiger charge is 2.21. The number of hydrogen-bond donors (Lipinski definition) is 3. The zero-order valence-corrected chi connectivity index (χ0v) is 10.2. The number of hydrogen-bond acceptors (Lipinski definition) is 4. The van der Waals surface area contributed by atoms with Crippen LogP contribution in [0.1, 0.15) is 24.4 Å². The maximum atomic E-state index is 8.70. The highest BCUT2D eigenvalue weighted by atomic mass is 16.5. The number of benzene rings is 1. The summed E-state index contributed by atoms with van der Waals surface area (Å²) >= 11 is 0. The molecular formula is C13H19N3O2. The SMILES string of the molecule is N/C(CC(NC1CCOC1)c1ccccc1)=N/O. The molecule has 0 amide bonds. The third-order valence-electron chi connectivity index (χ3n) is 3.11. The van der Waals surface area contributed by atoms with Crippen LogP contribution in [0.5, 0.6) is 0 Å². The highest BCUT2D eigenvalue weighted by molar-refractivity contribution is 5.80. The minimum Gasteiger partial charge on any atom is -0.409 e. The Morgan fingerprint density at radius 1 is 1.50 bits per heavy atom. The Morgan fingerprint density at radius 3 is 2.89 bits per heavy atom. The first-order valence-corrected chi connectivity index (χ1v) is 6.14. The van der Waals surface area contributed by atoms with E-state index < -0.39 is 0 Å². The summed E-state index contributed by atoms with van der Waals surface area (Å²) in [5.41, 5.74) is 6.75. The second-order valence-corrected chi connectivity index (χ2v) is 4.49. The van der Waals surface area contributed by atoms with Crippen molar-refractivity contribution in [3.8, 4) is 0 Å². The van der Waals surface area contributed by atoms with Gasteiger partial charge in [-0.2, -0.15) is 0 Å². The average molecular weight is 249 g/mol. The Kier molecular flexibility index (Phi) is 4.55. The molecule has 18 heavy (non-hydrogen) atoms. The lowest BCUT2D eigenvalue weighted by molar-refractivity contribution is 0.188. The molecule has 1 heterocycles. The second-order valence-electron chi connectivity index (χ2n) is 4.49. The van der Waals surface area contributed by atoms with Crippen LogP contribution in [0, 0.1) is 0 Å². The Labute approximate surface area is 107 Å². The molecule has 1 aromatic rings. The summed E-state index contributed by atoms with van der Waals surface area (Å²) in [5, 5.41) is 15.3. The fourth-order valence-electron chi connectivity index (χ4n) is 2.16. The number of rotatable bonds is 5. The number of oxime groups is 1. The number of nitrogens with two attached hydrogens (primary N) is 1. The Hall–Kier alpha value is -1.59. The maximum Gasteiger partial charge on any atom is 0.141 e. The largest absolute Gasteiger partial charge is 0.409 e. The molecule has 1 fully saturated rings. The topological polar surface area (TPSA) is 79.9 Å². The summed E-state index contributed by atoms with van der Waals surface area (Å²) in [6, 6.07) is 10.4. The predicted octanol–water partition coefficient (Wildman–Crippen LogP) is 1.24. The molecule has 98 valence electrons. The van der Waals surface area contributed by atoms with Gasteiger partial charge in [-0.1, -0.05) is 35.5 Å². The monoisotopic (exact) mass is 249 g/mol. The van der Waals surface area contributed by atoms with Gasteiger partial charge >= 0.3 is 0 Å². The molecule has 2 unspecified atom stereocenters. The van der Waals surface area contributed by atoms with Gasteiger partial charge < -0.3 is 21.0 Å². The molecule has 0 spiro atoms. The van der Waals surface area contributed by atoms with Crippen molar-refractivity contribution in [2.75, 3.05) is 13.2 Å². The number of ether oxygens (including phenoxy) is 1. The van der Waals surface area contributed by atoms with E-state index in [1.807, 2.05) is 30.3 Å². The van der Waals surface area contributed by atoms with E-state index in [4.69, 9.17) is 15.7 Å². The van der Waals surface area contributed by atoms with Gasteiger partial charge in [-0.05, 0) is 12.0 Å². The molecule has 5 nitrogen and oxygen atoms in total. The van der Waals surface area contributed by atoms with Crippen LogP contribution >= 0.6 is 0 Å². The fraction of sp³-hybridized carbons (Fsp3) is 0.462. The number of amidine groups is 1. The van der Waals surface area contributed by atoms with Crippen molar-refractivity contribution in [1.82, 2.24) is 5.32 Å². The normalized spacial score (nSPS) is 22.0. The van der Waals surface area contributed by atoms with Gasteiger partial charge in [0.2, 0.25) is 0 Å². The van der Waals surface area contributed by atoms with Crippen molar-refractivity contribution in [2.24, 2.45) is 10.9 Å². The van der Waals surface area contributed by atoms with E-state index in [1.165, 1.54) is 0 Å². The van der Waals surface area contributed by atoms with Crippen molar-refractivity contribution in [2.45, 2.75) is 24.9 Å². The molecule has 1 aromatic carbocycles. The molecule has 0 aromatic heterocycles. The Bertz CT molecular complexity index is 388. The van der Waals surface area contributed by atoms with E-state index in [0.717, 1.165) is 25.2 Å². The molecule has 2 atom stereocenters. The fourth-order valence-corrected chi connectivity index (χ4v) is 2.16. The predicted molar refractivity (Wildman–Crippen MR) is 69.6 cm³/mol. The Balaban J connectivity index is 2.06. The van der Waals surface area contributed by atoms with Crippen LogP contribution < -0.4 is 11.1 Å². The summed E-state index contributed by atoms with van der Waals surface area (Å²) < 4.78 is 5.35. The molecule has 0 saturated carbocycles. The van der Waals surface area contributed by atoms with Gasteiger partial charge in [0.1, 0.15) is 5.84 Å². The lowest BCUT2D eigenvalue weighted by Gasteiger charge is -2.22. The standard InChI is InChI=1S/C13H19N3O2/c14-13(16-17)8-12(10-4-2-1-3-5-10)15-11-6-7-18-9-11/h1-5,11-12,15,17H,6-9H2,(H2,14,16). The van der Waals surface area contributed by atoms with Crippen LogP contribution in [-0.2, 0) is 4.74 Å². The summed E-state index contributed by atoms with van der Waals surface area (Å²) in [4.78, 5) is 0. The lowest BCUT2D eigenvalue weighted by atomic mass is 10.0. The van der Waals surface area contributed by atoms with Gasteiger partial charge in [-0.3, -0.25) is 0 Å². The van der Waals surface area contributed by atoms with Gasteiger partial charge in [0.15, 0.2) is 0 Å². The lowest BCUT2D eigenvalue weighted by Crippen LogP contribution is -2.35. The quantitative estimate of drug-likeness (QED) is 0.317. The summed E-state index contributed by atoms with van der Waals surface area (Å²) in [6.07, 6.45) is 1.48. The third-order valence-corrected chi connectivity index (χ3v) is 3.11. The minimum atomic E-state index is 0.0498. The van der Waals surface area contributed by atoms with Crippen molar-refractivity contribution >= 4 is 5.84 Å². The zero-order valence-electron chi connectivity index (χ0n) is 10.2. The molecule has 1 saturated heterocycles. The van der Waals surface area contributed by atoms with Gasteiger partial charge in [0, 0.05) is 25.1 Å². The molecule has 5 heteroatoms. The molecule has 0 bridgehead atoms. The van der Waals surface area contributed by atoms with Crippen LogP contribution in [0.4, 0.5) is 0 Å². The van der Waals surface area contributed by atoms with E-state index in [0.29, 0.717) is 12.5 Å².